The fourth-order valence-electron chi connectivity index (χ4n) is 6.57. The standard InChI is InChI=1S/C17H21BrClN9O2/c18-8-2-1-7-11(29)27-4-6-5(3-20)10(19)16(13(30)24-15(22)25-16)9(6)17(27)12(28(7)8)23-14(21)26-17/h1-2,5-6,9-10,12-13,30H,3-4,20H2,(H3,21,23,26)(H3,22,24,25)/t5-,6-,9+,10+,12+,13+,16+,17-/m1/s1. The van der Waals surface area contributed by atoms with Gasteiger partial charge in [0.15, 0.2) is 30.0 Å². The summed E-state index contributed by atoms with van der Waals surface area (Å²) in [6.07, 6.45) is -1.76. The number of aliphatic imine (C=N–C) groups is 2. The summed E-state index contributed by atoms with van der Waals surface area (Å²) in [5.41, 5.74) is 16.6. The minimum atomic E-state index is -1.20. The van der Waals surface area contributed by atoms with Gasteiger partial charge in [0.2, 0.25) is 0 Å². The van der Waals surface area contributed by atoms with Gasteiger partial charge in [0.25, 0.3) is 5.91 Å². The Kier molecular flexibility index (Phi) is 3.50. The number of aliphatic hydroxyl groups excluding tert-OH is 1. The zero-order valence-corrected chi connectivity index (χ0v) is 18.0. The van der Waals surface area contributed by atoms with Gasteiger partial charge in [0.05, 0.1) is 9.98 Å². The number of aromatic nitrogens is 1. The van der Waals surface area contributed by atoms with Crippen LogP contribution < -0.4 is 27.8 Å². The van der Waals surface area contributed by atoms with Crippen molar-refractivity contribution >= 4 is 45.4 Å². The lowest BCUT2D eigenvalue weighted by Crippen LogP contribution is -2.74. The summed E-state index contributed by atoms with van der Waals surface area (Å²) in [7, 11) is 0. The Balaban J connectivity index is 1.61. The largest absolute Gasteiger partial charge is 0.370 e. The molecular weight excluding hydrogens is 478 g/mol. The van der Waals surface area contributed by atoms with Crippen LogP contribution in [-0.2, 0) is 0 Å². The van der Waals surface area contributed by atoms with Crippen molar-refractivity contribution in [3.63, 3.8) is 0 Å². The summed E-state index contributed by atoms with van der Waals surface area (Å²) in [5.74, 6) is -0.549. The molecule has 4 aliphatic heterocycles. The van der Waals surface area contributed by atoms with Crippen molar-refractivity contribution in [2.75, 3.05) is 13.1 Å². The van der Waals surface area contributed by atoms with Crippen molar-refractivity contribution in [1.82, 2.24) is 20.1 Å². The van der Waals surface area contributed by atoms with E-state index in [1.165, 1.54) is 0 Å². The third-order valence-electron chi connectivity index (χ3n) is 7.51. The van der Waals surface area contributed by atoms with Gasteiger partial charge >= 0.3 is 0 Å². The third kappa shape index (κ3) is 1.80. The molecule has 2 fully saturated rings. The number of rotatable bonds is 1. The van der Waals surface area contributed by atoms with E-state index in [9.17, 15) is 9.90 Å². The number of halogens is 2. The van der Waals surface area contributed by atoms with E-state index in [1.54, 1.807) is 11.0 Å². The number of alkyl halides is 1. The van der Waals surface area contributed by atoms with E-state index in [0.29, 0.717) is 23.4 Å². The molecule has 13 heteroatoms. The minimum absolute atomic E-state index is 0.104. The quantitative estimate of drug-likeness (QED) is 0.249. The molecule has 0 radical (unpaired) electrons. The molecule has 11 nitrogen and oxygen atoms in total. The van der Waals surface area contributed by atoms with Gasteiger partial charge in [0.1, 0.15) is 11.2 Å². The van der Waals surface area contributed by atoms with Crippen LogP contribution in [0.15, 0.2) is 26.7 Å². The average molecular weight is 499 g/mol. The molecule has 8 atom stereocenters. The fraction of sp³-hybridized carbons (Fsp3) is 0.588. The van der Waals surface area contributed by atoms with Gasteiger partial charge in [-0.25, -0.2) is 9.98 Å². The third-order valence-corrected chi connectivity index (χ3v) is 8.84. The van der Waals surface area contributed by atoms with Crippen LogP contribution in [0.25, 0.3) is 0 Å². The molecule has 1 saturated carbocycles. The van der Waals surface area contributed by atoms with Crippen LogP contribution in [0.1, 0.15) is 16.7 Å². The number of nitrogens with one attached hydrogen (secondary N) is 2. The number of fused-ring (bicyclic) bond motifs is 4. The molecule has 6 rings (SSSR count). The normalized spacial score (nSPS) is 45.5. The van der Waals surface area contributed by atoms with Crippen LogP contribution in [0.3, 0.4) is 0 Å². The number of aliphatic hydroxyl groups is 1. The molecule has 5 heterocycles. The Morgan fingerprint density at radius 2 is 2.03 bits per heavy atom. The molecule has 0 aromatic carbocycles. The van der Waals surface area contributed by atoms with Crippen LogP contribution in [0.5, 0.6) is 0 Å². The Morgan fingerprint density at radius 3 is 2.70 bits per heavy atom. The highest BCUT2D eigenvalue weighted by Gasteiger charge is 2.79. The molecular formula is C17H21BrClN9O2. The van der Waals surface area contributed by atoms with Gasteiger partial charge in [-0.3, -0.25) is 4.79 Å². The zero-order valence-electron chi connectivity index (χ0n) is 15.7. The van der Waals surface area contributed by atoms with Crippen LogP contribution in [0, 0.1) is 17.8 Å². The second-order valence-electron chi connectivity index (χ2n) is 8.55. The first-order valence-electron chi connectivity index (χ1n) is 9.71. The predicted octanol–water partition coefficient (Wildman–Crippen LogP) is -1.76. The van der Waals surface area contributed by atoms with Crippen molar-refractivity contribution in [3.8, 4) is 0 Å². The molecule has 0 bridgehead atoms. The van der Waals surface area contributed by atoms with Crippen LogP contribution in [0.2, 0.25) is 0 Å². The molecule has 9 N–H and O–H groups in total. The van der Waals surface area contributed by atoms with Gasteiger partial charge in [-0.15, -0.1) is 11.6 Å². The van der Waals surface area contributed by atoms with Crippen LogP contribution in [0.4, 0.5) is 0 Å². The highest BCUT2D eigenvalue weighted by Crippen LogP contribution is 2.63. The number of nitrogens with zero attached hydrogens (tertiary/aromatic N) is 4. The molecule has 5 aliphatic rings. The molecule has 0 unspecified atom stereocenters. The Hall–Kier alpha value is -2.02. The second kappa shape index (κ2) is 5.61. The Labute approximate surface area is 184 Å². The summed E-state index contributed by atoms with van der Waals surface area (Å²) in [6, 6.07) is 3.57. The fourth-order valence-corrected chi connectivity index (χ4v) is 7.68. The molecule has 1 aromatic rings. The number of carbonyl (C=O) groups excluding carboxylic acids is 1. The van der Waals surface area contributed by atoms with Crippen molar-refractivity contribution in [2.45, 2.75) is 29.0 Å². The van der Waals surface area contributed by atoms with Crippen LogP contribution in [-0.4, -0.2) is 68.3 Å². The van der Waals surface area contributed by atoms with Gasteiger partial charge < -0.3 is 42.4 Å². The zero-order chi connectivity index (χ0) is 21.2. The van der Waals surface area contributed by atoms with E-state index in [2.05, 4.69) is 36.5 Å². The smallest absolute Gasteiger partial charge is 0.272 e. The second-order valence-corrected chi connectivity index (χ2v) is 9.84. The van der Waals surface area contributed by atoms with Gasteiger partial charge in [0, 0.05) is 12.5 Å². The average Bonchev–Trinajstić information content (AvgIpc) is 3.43. The number of amides is 1. The molecule has 1 saturated heterocycles. The van der Waals surface area contributed by atoms with Crippen molar-refractivity contribution in [3.05, 3.63) is 22.4 Å². The Bertz CT molecular complexity index is 1040. The highest BCUT2D eigenvalue weighted by molar-refractivity contribution is 9.10. The van der Waals surface area contributed by atoms with Gasteiger partial charge in [-0.2, -0.15) is 0 Å². The summed E-state index contributed by atoms with van der Waals surface area (Å²) >= 11 is 10.5. The first-order valence-corrected chi connectivity index (χ1v) is 10.9. The van der Waals surface area contributed by atoms with Gasteiger partial charge in [-0.05, 0) is 46.4 Å². The summed E-state index contributed by atoms with van der Waals surface area (Å²) < 4.78 is 2.53. The summed E-state index contributed by atoms with van der Waals surface area (Å²) in [4.78, 5) is 24.1. The van der Waals surface area contributed by atoms with E-state index < -0.39 is 34.9 Å². The number of nitrogens with two attached hydrogens (primary N) is 3. The first kappa shape index (κ1) is 18.7. The molecule has 1 aromatic heterocycles. The lowest BCUT2D eigenvalue weighted by molar-refractivity contribution is -0.0274. The molecule has 160 valence electrons. The Morgan fingerprint density at radius 1 is 1.30 bits per heavy atom. The molecule has 1 aliphatic carbocycles. The topological polar surface area (TPSA) is 172 Å². The first-order chi connectivity index (χ1) is 14.3. The molecule has 1 amide bonds. The van der Waals surface area contributed by atoms with Crippen molar-refractivity contribution < 1.29 is 9.90 Å². The van der Waals surface area contributed by atoms with E-state index in [4.69, 9.17) is 28.8 Å². The van der Waals surface area contributed by atoms with Crippen molar-refractivity contribution in [2.24, 2.45) is 44.9 Å². The van der Waals surface area contributed by atoms with E-state index >= 15 is 0 Å². The minimum Gasteiger partial charge on any atom is -0.370 e. The van der Waals surface area contributed by atoms with E-state index in [1.807, 2.05) is 10.6 Å². The van der Waals surface area contributed by atoms with Gasteiger partial charge in [-0.1, -0.05) is 0 Å². The molecule has 30 heavy (non-hydrogen) atoms. The lowest BCUT2D eigenvalue weighted by atomic mass is 9.73. The predicted molar refractivity (Wildman–Crippen MR) is 112 cm³/mol. The number of hydrogen-bond donors (Lipinski definition) is 6. The molecule has 2 spiro atoms. The van der Waals surface area contributed by atoms with E-state index in [-0.39, 0.29) is 29.7 Å². The maximum atomic E-state index is 13.6. The summed E-state index contributed by atoms with van der Waals surface area (Å²) in [6.45, 7) is 0.695. The lowest BCUT2D eigenvalue weighted by Gasteiger charge is -2.51. The summed E-state index contributed by atoms with van der Waals surface area (Å²) in [5, 5.41) is 16.9. The number of hydrogen-bond acceptors (Lipinski definition) is 9. The number of guanidine groups is 2. The van der Waals surface area contributed by atoms with Crippen LogP contribution >= 0.6 is 27.5 Å². The maximum Gasteiger partial charge on any atom is 0.272 e. The maximum absolute atomic E-state index is 13.6. The SMILES string of the molecule is NC[C@@H]1[C@H]2CN3C(=O)c4ccc(Br)n4[C@@H]4N=C(N)N[C@@]43[C@@H]2[C@]2(NC(N)=N[C@H]2O)[C@H]1Cl. The van der Waals surface area contributed by atoms with Crippen molar-refractivity contribution in [1.29, 1.82) is 0 Å². The monoisotopic (exact) mass is 497 g/mol. The number of carbonyl (C=O) groups is 1. The van der Waals surface area contributed by atoms with E-state index in [0.717, 1.165) is 0 Å². The highest BCUT2D eigenvalue weighted by atomic mass is 79.9.